The lowest BCUT2D eigenvalue weighted by Gasteiger charge is -2.16. The molecule has 0 aromatic heterocycles. The molecule has 0 aliphatic carbocycles. The molecule has 0 radical (unpaired) electrons. The van der Waals surface area contributed by atoms with E-state index < -0.39 is 0 Å². The summed E-state index contributed by atoms with van der Waals surface area (Å²) in [5.41, 5.74) is 6.25. The average molecular weight is 232 g/mol. The van der Waals surface area contributed by atoms with Gasteiger partial charge in [-0.15, -0.1) is 0 Å². The van der Waals surface area contributed by atoms with Gasteiger partial charge in [0, 0.05) is 19.7 Å². The van der Waals surface area contributed by atoms with E-state index >= 15 is 0 Å². The number of benzene rings is 1. The summed E-state index contributed by atoms with van der Waals surface area (Å²) < 4.78 is 0. The fraction of sp³-hybridized carbons (Fsp3) is 0.231. The molecule has 90 valence electrons. The van der Waals surface area contributed by atoms with Crippen molar-refractivity contribution in [2.75, 3.05) is 14.1 Å². The van der Waals surface area contributed by atoms with Crippen LogP contribution in [0.4, 0.5) is 0 Å². The van der Waals surface area contributed by atoms with E-state index in [0.717, 1.165) is 0 Å². The first-order valence-electron chi connectivity index (χ1n) is 5.23. The predicted octanol–water partition coefficient (Wildman–Crippen LogP) is 1.19. The number of hydrogen-bond donors (Lipinski definition) is 1. The Morgan fingerprint density at radius 2 is 1.65 bits per heavy atom. The zero-order valence-electron chi connectivity index (χ0n) is 10.2. The molecule has 2 N–H and O–H groups in total. The Hall–Kier alpha value is -2.10. The summed E-state index contributed by atoms with van der Waals surface area (Å²) in [6.45, 7) is 1.34. The summed E-state index contributed by atoms with van der Waals surface area (Å²) in [5.74, 6) is -0.485. The van der Waals surface area contributed by atoms with Crippen molar-refractivity contribution >= 4 is 11.6 Å². The Morgan fingerprint density at radius 1 is 1.12 bits per heavy atom. The van der Waals surface area contributed by atoms with Crippen molar-refractivity contribution in [3.8, 4) is 0 Å². The summed E-state index contributed by atoms with van der Waals surface area (Å²) in [7, 11) is 3.38. The molecular formula is C13H16N2O2. The van der Waals surface area contributed by atoms with Crippen LogP contribution in [0.15, 0.2) is 41.7 Å². The Labute approximate surface area is 101 Å². The molecule has 1 aromatic rings. The molecule has 0 spiro atoms. The van der Waals surface area contributed by atoms with Crippen LogP contribution in [-0.4, -0.2) is 30.6 Å². The number of nitrogens with two attached hydrogens (primary N) is 1. The third-order valence-corrected chi connectivity index (χ3v) is 2.35. The molecule has 0 atom stereocenters. The SMILES string of the molecule is CC(=O)/C(C(=O)c1ccccc1)=C(\N)N(C)C. The lowest BCUT2D eigenvalue weighted by Crippen LogP contribution is -2.26. The molecule has 0 bridgehead atoms. The van der Waals surface area contributed by atoms with Gasteiger partial charge >= 0.3 is 0 Å². The number of carbonyl (C=O) groups excluding carboxylic acids is 2. The molecule has 0 fully saturated rings. The summed E-state index contributed by atoms with van der Waals surface area (Å²) in [4.78, 5) is 25.2. The van der Waals surface area contributed by atoms with Gasteiger partial charge in [-0.3, -0.25) is 9.59 Å². The van der Waals surface area contributed by atoms with Crippen LogP contribution in [0.3, 0.4) is 0 Å². The van der Waals surface area contributed by atoms with Gasteiger partial charge in [0.1, 0.15) is 11.4 Å². The van der Waals surface area contributed by atoms with Gasteiger partial charge in [0.25, 0.3) is 0 Å². The van der Waals surface area contributed by atoms with Gasteiger partial charge in [0.2, 0.25) is 0 Å². The molecule has 0 aliphatic rings. The van der Waals surface area contributed by atoms with Crippen LogP contribution in [0.2, 0.25) is 0 Å². The first-order chi connectivity index (χ1) is 7.95. The molecule has 4 heteroatoms. The summed E-state index contributed by atoms with van der Waals surface area (Å²) in [6.07, 6.45) is 0. The van der Waals surface area contributed by atoms with Crippen LogP contribution in [0.5, 0.6) is 0 Å². The first kappa shape index (κ1) is 13.0. The highest BCUT2D eigenvalue weighted by atomic mass is 16.1. The fourth-order valence-corrected chi connectivity index (χ4v) is 1.41. The maximum absolute atomic E-state index is 12.1. The number of ketones is 2. The van der Waals surface area contributed by atoms with E-state index in [1.807, 2.05) is 6.07 Å². The third-order valence-electron chi connectivity index (χ3n) is 2.35. The van der Waals surface area contributed by atoms with Crippen molar-refractivity contribution in [2.45, 2.75) is 6.92 Å². The van der Waals surface area contributed by atoms with Gasteiger partial charge in [-0.25, -0.2) is 0 Å². The van der Waals surface area contributed by atoms with Crippen molar-refractivity contribution in [1.29, 1.82) is 0 Å². The fourth-order valence-electron chi connectivity index (χ4n) is 1.41. The number of carbonyl (C=O) groups is 2. The molecule has 0 unspecified atom stereocenters. The largest absolute Gasteiger partial charge is 0.385 e. The van der Waals surface area contributed by atoms with E-state index in [-0.39, 0.29) is 23.0 Å². The van der Waals surface area contributed by atoms with Gasteiger partial charge in [-0.2, -0.15) is 0 Å². The van der Waals surface area contributed by atoms with Crippen LogP contribution in [0.25, 0.3) is 0 Å². The lowest BCUT2D eigenvalue weighted by atomic mass is 10.0. The van der Waals surface area contributed by atoms with Gasteiger partial charge in [-0.1, -0.05) is 30.3 Å². The molecule has 4 nitrogen and oxygen atoms in total. The third kappa shape index (κ3) is 2.93. The van der Waals surface area contributed by atoms with Crippen LogP contribution < -0.4 is 5.73 Å². The number of nitrogens with zero attached hydrogens (tertiary/aromatic N) is 1. The van der Waals surface area contributed by atoms with Crippen LogP contribution in [0, 0.1) is 0 Å². The van der Waals surface area contributed by atoms with E-state index in [1.54, 1.807) is 43.3 Å². The van der Waals surface area contributed by atoms with E-state index in [0.29, 0.717) is 5.56 Å². The maximum Gasteiger partial charge on any atom is 0.200 e. The molecule has 0 heterocycles. The molecule has 1 rings (SSSR count). The number of allylic oxidation sites excluding steroid dienone is 1. The van der Waals surface area contributed by atoms with Crippen molar-refractivity contribution in [1.82, 2.24) is 4.90 Å². The van der Waals surface area contributed by atoms with E-state index in [1.165, 1.54) is 6.92 Å². The van der Waals surface area contributed by atoms with Crippen LogP contribution in [0.1, 0.15) is 17.3 Å². The molecule has 0 saturated heterocycles. The molecule has 0 amide bonds. The number of rotatable bonds is 4. The minimum Gasteiger partial charge on any atom is -0.385 e. The van der Waals surface area contributed by atoms with Crippen molar-refractivity contribution in [2.24, 2.45) is 5.73 Å². The standard InChI is InChI=1S/C13H16N2O2/c1-9(16)11(13(14)15(2)3)12(17)10-7-5-4-6-8-10/h4-8H,14H2,1-3H3/b13-11-. The van der Waals surface area contributed by atoms with Gasteiger partial charge in [-0.05, 0) is 6.92 Å². The van der Waals surface area contributed by atoms with E-state index in [2.05, 4.69) is 0 Å². The van der Waals surface area contributed by atoms with Crippen molar-refractivity contribution in [3.05, 3.63) is 47.3 Å². The Kier molecular flexibility index (Phi) is 4.04. The number of Topliss-reactive ketones (excluding diaryl/α,β-unsaturated/α-hetero) is 2. The second-order valence-electron chi connectivity index (χ2n) is 3.91. The van der Waals surface area contributed by atoms with Gasteiger partial charge < -0.3 is 10.6 Å². The van der Waals surface area contributed by atoms with Gasteiger partial charge in [0.05, 0.1) is 0 Å². The quantitative estimate of drug-likeness (QED) is 0.366. The Balaban J connectivity index is 3.24. The summed E-state index contributed by atoms with van der Waals surface area (Å²) >= 11 is 0. The zero-order valence-corrected chi connectivity index (χ0v) is 10.2. The van der Waals surface area contributed by atoms with Crippen molar-refractivity contribution < 1.29 is 9.59 Å². The summed E-state index contributed by atoms with van der Waals surface area (Å²) in [6, 6.07) is 8.62. The van der Waals surface area contributed by atoms with Crippen LogP contribution >= 0.6 is 0 Å². The second kappa shape index (κ2) is 5.30. The molecule has 0 aliphatic heterocycles. The zero-order chi connectivity index (χ0) is 13.0. The molecule has 0 saturated carbocycles. The lowest BCUT2D eigenvalue weighted by molar-refractivity contribution is -0.113. The van der Waals surface area contributed by atoms with E-state index in [4.69, 9.17) is 5.73 Å². The van der Waals surface area contributed by atoms with Gasteiger partial charge in [0.15, 0.2) is 11.6 Å². The summed E-state index contributed by atoms with van der Waals surface area (Å²) in [5, 5.41) is 0. The molecule has 1 aromatic carbocycles. The normalized spacial score (nSPS) is 11.7. The Morgan fingerprint density at radius 3 is 2.06 bits per heavy atom. The average Bonchev–Trinajstić information content (AvgIpc) is 2.29. The maximum atomic E-state index is 12.1. The highest BCUT2D eigenvalue weighted by Gasteiger charge is 2.20. The number of hydrogen-bond acceptors (Lipinski definition) is 4. The monoisotopic (exact) mass is 232 g/mol. The molecular weight excluding hydrogens is 216 g/mol. The predicted molar refractivity (Wildman–Crippen MR) is 66.4 cm³/mol. The minimum atomic E-state index is -0.343. The first-order valence-corrected chi connectivity index (χ1v) is 5.23. The smallest absolute Gasteiger partial charge is 0.200 e. The minimum absolute atomic E-state index is 0.0289. The van der Waals surface area contributed by atoms with E-state index in [9.17, 15) is 9.59 Å². The highest BCUT2D eigenvalue weighted by Crippen LogP contribution is 2.12. The topological polar surface area (TPSA) is 63.4 Å². The highest BCUT2D eigenvalue weighted by molar-refractivity contribution is 6.26. The Bertz CT molecular complexity index is 462. The second-order valence-corrected chi connectivity index (χ2v) is 3.91. The van der Waals surface area contributed by atoms with Crippen LogP contribution in [-0.2, 0) is 4.79 Å². The van der Waals surface area contributed by atoms with Crippen molar-refractivity contribution in [3.63, 3.8) is 0 Å². The molecule has 17 heavy (non-hydrogen) atoms.